The minimum Gasteiger partial charge on any atom is -0.469 e. The van der Waals surface area contributed by atoms with Gasteiger partial charge in [-0.15, -0.1) is 30.4 Å². The van der Waals surface area contributed by atoms with Crippen LogP contribution in [0, 0.1) is 12.3 Å². The van der Waals surface area contributed by atoms with Crippen molar-refractivity contribution in [2.24, 2.45) is 4.99 Å². The molecule has 1 atom stereocenters. The molecule has 6 heteroatoms. The van der Waals surface area contributed by atoms with E-state index in [1.807, 2.05) is 12.1 Å². The third kappa shape index (κ3) is 6.87. The zero-order valence-electron chi connectivity index (χ0n) is 12.0. The van der Waals surface area contributed by atoms with E-state index in [1.165, 1.54) is 0 Å². The van der Waals surface area contributed by atoms with Crippen LogP contribution in [-0.4, -0.2) is 38.3 Å². The van der Waals surface area contributed by atoms with Gasteiger partial charge in [-0.1, -0.05) is 5.92 Å². The minimum absolute atomic E-state index is 0. The number of guanidine groups is 1. The van der Waals surface area contributed by atoms with Gasteiger partial charge in [-0.2, -0.15) is 0 Å². The second kappa shape index (κ2) is 10.5. The van der Waals surface area contributed by atoms with E-state index in [9.17, 15) is 0 Å². The molecule has 1 aromatic heterocycles. The second-order valence-electron chi connectivity index (χ2n) is 4.64. The number of ether oxygens (including phenoxy) is 1. The van der Waals surface area contributed by atoms with Crippen molar-refractivity contribution in [2.75, 3.05) is 26.2 Å². The van der Waals surface area contributed by atoms with Crippen LogP contribution in [0.25, 0.3) is 0 Å². The Labute approximate surface area is 142 Å². The summed E-state index contributed by atoms with van der Waals surface area (Å²) in [7, 11) is 0. The van der Waals surface area contributed by atoms with Crippen molar-refractivity contribution in [3.05, 3.63) is 24.2 Å². The molecule has 2 rings (SSSR count). The van der Waals surface area contributed by atoms with Gasteiger partial charge >= 0.3 is 0 Å². The molecule has 0 aliphatic carbocycles. The first-order valence-electron chi connectivity index (χ1n) is 6.98. The van der Waals surface area contributed by atoms with Crippen molar-refractivity contribution in [3.63, 3.8) is 0 Å². The quantitative estimate of drug-likeness (QED) is 0.329. The molecule has 0 aromatic carbocycles. The number of hydrogen-bond acceptors (Lipinski definition) is 3. The van der Waals surface area contributed by atoms with Crippen LogP contribution in [0.3, 0.4) is 0 Å². The lowest BCUT2D eigenvalue weighted by atomic mass is 10.2. The van der Waals surface area contributed by atoms with Crippen LogP contribution in [0.15, 0.2) is 27.8 Å². The van der Waals surface area contributed by atoms with Crippen molar-refractivity contribution in [3.8, 4) is 12.3 Å². The van der Waals surface area contributed by atoms with E-state index >= 15 is 0 Å². The van der Waals surface area contributed by atoms with Gasteiger partial charge in [0.1, 0.15) is 5.76 Å². The Hall–Kier alpha value is -1.20. The number of rotatable bonds is 6. The van der Waals surface area contributed by atoms with Gasteiger partial charge in [-0.3, -0.25) is 4.99 Å². The molecule has 21 heavy (non-hydrogen) atoms. The number of nitrogens with one attached hydrogen (secondary N) is 2. The maximum absolute atomic E-state index is 5.55. The van der Waals surface area contributed by atoms with Crippen molar-refractivity contribution >= 4 is 29.9 Å². The maximum Gasteiger partial charge on any atom is 0.192 e. The highest BCUT2D eigenvalue weighted by atomic mass is 127. The Balaban J connectivity index is 0.00000220. The van der Waals surface area contributed by atoms with E-state index in [4.69, 9.17) is 15.6 Å². The fourth-order valence-corrected chi connectivity index (χ4v) is 2.05. The Kier molecular flexibility index (Phi) is 8.94. The summed E-state index contributed by atoms with van der Waals surface area (Å²) in [5.74, 6) is 4.23. The lowest BCUT2D eigenvalue weighted by Gasteiger charge is -2.12. The molecular formula is C15H22IN3O2. The highest BCUT2D eigenvalue weighted by Crippen LogP contribution is 2.11. The monoisotopic (exact) mass is 403 g/mol. The first-order chi connectivity index (χ1) is 9.88. The van der Waals surface area contributed by atoms with Gasteiger partial charge in [-0.25, -0.2) is 0 Å². The zero-order chi connectivity index (χ0) is 14.0. The largest absolute Gasteiger partial charge is 0.469 e. The summed E-state index contributed by atoms with van der Waals surface area (Å²) >= 11 is 0. The van der Waals surface area contributed by atoms with Crippen LogP contribution in [0.2, 0.25) is 0 Å². The van der Waals surface area contributed by atoms with Crippen molar-refractivity contribution in [2.45, 2.75) is 25.4 Å². The molecule has 1 aliphatic heterocycles. The molecule has 1 aromatic rings. The third-order valence-corrected chi connectivity index (χ3v) is 3.08. The Morgan fingerprint density at radius 3 is 3.05 bits per heavy atom. The molecule has 1 unspecified atom stereocenters. The normalized spacial score (nSPS) is 17.9. The molecule has 0 bridgehead atoms. The minimum atomic E-state index is 0. The predicted octanol–water partition coefficient (Wildman–Crippen LogP) is 1.79. The second-order valence-corrected chi connectivity index (χ2v) is 4.64. The van der Waals surface area contributed by atoms with Gasteiger partial charge in [0.05, 0.1) is 25.5 Å². The Bertz CT molecular complexity index is 448. The van der Waals surface area contributed by atoms with Crippen molar-refractivity contribution in [1.82, 2.24) is 10.6 Å². The average molecular weight is 403 g/mol. The number of furan rings is 1. The molecule has 0 radical (unpaired) electrons. The van der Waals surface area contributed by atoms with Crippen molar-refractivity contribution < 1.29 is 9.15 Å². The standard InChI is InChI=1S/C15H21N3O2.HI/c1-2-8-16-15(18-12-14-6-4-11-20-14)17-9-7-13-5-3-10-19-13;/h1,3,5,10,14H,4,6-9,11-12H2,(H2,16,17,18);1H. The molecule has 1 aliphatic rings. The summed E-state index contributed by atoms with van der Waals surface area (Å²) in [5.41, 5.74) is 0. The highest BCUT2D eigenvalue weighted by Gasteiger charge is 2.14. The van der Waals surface area contributed by atoms with Gasteiger partial charge < -0.3 is 19.8 Å². The van der Waals surface area contributed by atoms with Gasteiger partial charge in [0.15, 0.2) is 5.96 Å². The lowest BCUT2D eigenvalue weighted by Crippen LogP contribution is -2.39. The van der Waals surface area contributed by atoms with Crippen LogP contribution >= 0.6 is 24.0 Å². The number of hydrogen-bond donors (Lipinski definition) is 2. The summed E-state index contributed by atoms with van der Waals surface area (Å²) in [5, 5.41) is 6.33. The van der Waals surface area contributed by atoms with Gasteiger partial charge in [0, 0.05) is 19.6 Å². The van der Waals surface area contributed by atoms with E-state index in [0.717, 1.165) is 44.1 Å². The number of aliphatic imine (C=N–C) groups is 1. The smallest absolute Gasteiger partial charge is 0.192 e. The lowest BCUT2D eigenvalue weighted by molar-refractivity contribution is 0.117. The van der Waals surface area contributed by atoms with Gasteiger partial charge in [0.2, 0.25) is 0 Å². The van der Waals surface area contributed by atoms with Crippen LogP contribution in [-0.2, 0) is 11.2 Å². The number of nitrogens with zero attached hydrogens (tertiary/aromatic N) is 1. The van der Waals surface area contributed by atoms with Gasteiger partial charge in [-0.05, 0) is 25.0 Å². The summed E-state index contributed by atoms with van der Waals surface area (Å²) in [6.07, 6.45) is 10.2. The van der Waals surface area contributed by atoms with E-state index in [-0.39, 0.29) is 30.1 Å². The van der Waals surface area contributed by atoms with Crippen LogP contribution in [0.1, 0.15) is 18.6 Å². The molecule has 2 heterocycles. The molecule has 0 amide bonds. The third-order valence-electron chi connectivity index (χ3n) is 3.08. The predicted molar refractivity (Wildman–Crippen MR) is 93.9 cm³/mol. The zero-order valence-corrected chi connectivity index (χ0v) is 14.3. The van der Waals surface area contributed by atoms with Crippen molar-refractivity contribution in [1.29, 1.82) is 0 Å². The van der Waals surface area contributed by atoms with Gasteiger partial charge in [0.25, 0.3) is 0 Å². The van der Waals surface area contributed by atoms with E-state index in [1.54, 1.807) is 6.26 Å². The first-order valence-corrected chi connectivity index (χ1v) is 6.98. The summed E-state index contributed by atoms with van der Waals surface area (Å²) in [6.45, 7) is 2.72. The summed E-state index contributed by atoms with van der Waals surface area (Å²) in [6, 6.07) is 3.85. The fraction of sp³-hybridized carbons (Fsp3) is 0.533. The van der Waals surface area contributed by atoms with E-state index < -0.39 is 0 Å². The van der Waals surface area contributed by atoms with Crippen LogP contribution in [0.4, 0.5) is 0 Å². The Morgan fingerprint density at radius 1 is 1.48 bits per heavy atom. The molecule has 5 nitrogen and oxygen atoms in total. The van der Waals surface area contributed by atoms with Crippen LogP contribution < -0.4 is 10.6 Å². The molecule has 0 spiro atoms. The SMILES string of the molecule is C#CCNC(=NCC1CCCO1)NCCc1ccco1.I. The molecule has 2 N–H and O–H groups in total. The summed E-state index contributed by atoms with van der Waals surface area (Å²) < 4.78 is 10.8. The molecule has 0 saturated carbocycles. The molecule has 1 fully saturated rings. The topological polar surface area (TPSA) is 58.8 Å². The fourth-order valence-electron chi connectivity index (χ4n) is 2.05. The number of halogens is 1. The first kappa shape index (κ1) is 17.9. The summed E-state index contributed by atoms with van der Waals surface area (Å²) in [4.78, 5) is 4.51. The molecular weight excluding hydrogens is 381 g/mol. The van der Waals surface area contributed by atoms with Crippen LogP contribution in [0.5, 0.6) is 0 Å². The highest BCUT2D eigenvalue weighted by molar-refractivity contribution is 14.0. The average Bonchev–Trinajstić information content (AvgIpc) is 3.14. The maximum atomic E-state index is 5.55. The number of terminal acetylenes is 1. The molecule has 1 saturated heterocycles. The van der Waals surface area contributed by atoms with E-state index in [0.29, 0.717) is 13.1 Å². The van der Waals surface area contributed by atoms with E-state index in [2.05, 4.69) is 21.5 Å². The molecule has 116 valence electrons. The Morgan fingerprint density at radius 2 is 2.38 bits per heavy atom.